The topological polar surface area (TPSA) is 140 Å². The number of rotatable bonds is 13. The summed E-state index contributed by atoms with van der Waals surface area (Å²) in [6.45, 7) is 9.60. The molecule has 1 aliphatic rings. The Morgan fingerprint density at radius 3 is 2.33 bits per heavy atom. The van der Waals surface area contributed by atoms with Crippen LogP contribution in [0.5, 0.6) is 0 Å². The number of aryl methyl sites for hydroxylation is 1. The van der Waals surface area contributed by atoms with E-state index in [1.807, 2.05) is 27.7 Å². The fraction of sp³-hybridized carbons (Fsp3) is 0.739. The zero-order chi connectivity index (χ0) is 26.5. The fourth-order valence-electron chi connectivity index (χ4n) is 4.17. The number of sulfonamides is 1. The molecule has 3 heterocycles. The van der Waals surface area contributed by atoms with Gasteiger partial charge in [0.25, 0.3) is 0 Å². The highest BCUT2D eigenvalue weighted by Crippen LogP contribution is 2.35. The van der Waals surface area contributed by atoms with Gasteiger partial charge < -0.3 is 18.9 Å². The Balaban J connectivity index is 1.97. The maximum atomic E-state index is 13.6. The van der Waals surface area contributed by atoms with Crippen LogP contribution >= 0.6 is 0 Å². The minimum atomic E-state index is -4.01. The molecule has 1 N–H and O–H groups in total. The molecule has 0 radical (unpaired) electrons. The van der Waals surface area contributed by atoms with E-state index in [9.17, 15) is 8.42 Å². The largest absolute Gasteiger partial charge is 0.382 e. The molecular weight excluding hydrogens is 488 g/mol. The summed E-state index contributed by atoms with van der Waals surface area (Å²) in [7, 11) is -0.867. The highest BCUT2D eigenvalue weighted by molar-refractivity contribution is 7.93. The molecule has 0 amide bonds. The lowest BCUT2D eigenvalue weighted by Gasteiger charge is -2.27. The minimum Gasteiger partial charge on any atom is -0.382 e. The summed E-state index contributed by atoms with van der Waals surface area (Å²) in [6, 6.07) is -0.372. The maximum Gasteiger partial charge on any atom is 0.240 e. The van der Waals surface area contributed by atoms with Crippen molar-refractivity contribution in [1.29, 1.82) is 0 Å². The van der Waals surface area contributed by atoms with Gasteiger partial charge >= 0.3 is 0 Å². The van der Waals surface area contributed by atoms with E-state index < -0.39 is 21.4 Å². The smallest absolute Gasteiger partial charge is 0.240 e. The van der Waals surface area contributed by atoms with Gasteiger partial charge in [0.2, 0.25) is 16.0 Å². The zero-order valence-electron chi connectivity index (χ0n) is 22.0. The van der Waals surface area contributed by atoms with Crippen LogP contribution in [0, 0.1) is 6.92 Å². The molecule has 1 fully saturated rings. The Bertz CT molecular complexity index is 1070. The monoisotopic (exact) mass is 526 g/mol. The maximum absolute atomic E-state index is 13.6. The zero-order valence-corrected chi connectivity index (χ0v) is 22.9. The Hall–Kier alpha value is -2.19. The van der Waals surface area contributed by atoms with Gasteiger partial charge in [0.15, 0.2) is 5.82 Å². The van der Waals surface area contributed by atoms with E-state index >= 15 is 0 Å². The molecule has 0 unspecified atom stereocenters. The molecule has 0 aromatic carbocycles. The highest BCUT2D eigenvalue weighted by atomic mass is 32.2. The quantitative estimate of drug-likeness (QED) is 0.414. The van der Waals surface area contributed by atoms with Crippen LogP contribution in [0.1, 0.15) is 76.0 Å². The first kappa shape index (κ1) is 28.4. The third-order valence-electron chi connectivity index (χ3n) is 5.99. The lowest BCUT2D eigenvalue weighted by atomic mass is 10.2. The summed E-state index contributed by atoms with van der Waals surface area (Å²) < 4.78 is 54.4. The van der Waals surface area contributed by atoms with Crippen LogP contribution in [0.15, 0.2) is 12.4 Å². The summed E-state index contributed by atoms with van der Waals surface area (Å²) >= 11 is 0. The van der Waals surface area contributed by atoms with Crippen molar-refractivity contribution in [2.75, 3.05) is 32.2 Å². The highest BCUT2D eigenvalue weighted by Gasteiger charge is 2.37. The van der Waals surface area contributed by atoms with Gasteiger partial charge in [-0.05, 0) is 47.5 Å². The van der Waals surface area contributed by atoms with Crippen molar-refractivity contribution in [3.05, 3.63) is 29.6 Å². The second-order valence-electron chi connectivity index (χ2n) is 9.37. The number of hydrogen-bond donors (Lipinski definition) is 1. The number of aromatic nitrogens is 5. The van der Waals surface area contributed by atoms with Crippen LogP contribution in [0.4, 0.5) is 5.95 Å². The van der Waals surface area contributed by atoms with E-state index in [0.717, 1.165) is 18.5 Å². The van der Waals surface area contributed by atoms with Gasteiger partial charge in [-0.1, -0.05) is 0 Å². The number of anilines is 1. The molecule has 13 heteroatoms. The average molecular weight is 527 g/mol. The Morgan fingerprint density at radius 1 is 1.11 bits per heavy atom. The third-order valence-corrected chi connectivity index (χ3v) is 7.68. The van der Waals surface area contributed by atoms with Crippen molar-refractivity contribution in [2.24, 2.45) is 0 Å². The summed E-state index contributed by atoms with van der Waals surface area (Å²) in [4.78, 5) is 8.63. The van der Waals surface area contributed by atoms with Crippen molar-refractivity contribution in [3.63, 3.8) is 0 Å². The molecular formula is C23H38N6O6S. The van der Waals surface area contributed by atoms with Crippen molar-refractivity contribution in [2.45, 2.75) is 83.2 Å². The van der Waals surface area contributed by atoms with Gasteiger partial charge in [0.05, 0.1) is 49.0 Å². The third kappa shape index (κ3) is 6.76. The van der Waals surface area contributed by atoms with Gasteiger partial charge in [-0.3, -0.25) is 19.3 Å². The van der Waals surface area contributed by atoms with Gasteiger partial charge in [-0.2, -0.15) is 0 Å². The predicted octanol–water partition coefficient (Wildman–Crippen LogP) is 2.75. The van der Waals surface area contributed by atoms with Gasteiger partial charge in [0.1, 0.15) is 17.5 Å². The Morgan fingerprint density at radius 2 is 1.81 bits per heavy atom. The van der Waals surface area contributed by atoms with Crippen LogP contribution < -0.4 is 4.72 Å². The lowest BCUT2D eigenvalue weighted by Crippen LogP contribution is -2.35. The van der Waals surface area contributed by atoms with Crippen LogP contribution in [-0.4, -0.2) is 78.0 Å². The second kappa shape index (κ2) is 12.4. The van der Waals surface area contributed by atoms with Gasteiger partial charge in [-0.15, -0.1) is 10.2 Å². The van der Waals surface area contributed by atoms with Gasteiger partial charge in [0, 0.05) is 20.4 Å². The van der Waals surface area contributed by atoms with Crippen LogP contribution in [-0.2, 0) is 29.0 Å². The normalized spacial score (nSPS) is 20.2. The molecule has 0 aliphatic carbocycles. The average Bonchev–Trinajstić information content (AvgIpc) is 3.43. The van der Waals surface area contributed by atoms with Crippen LogP contribution in [0.25, 0.3) is 0 Å². The molecule has 2 aromatic heterocycles. The number of nitrogens with one attached hydrogen (secondary N) is 1. The number of ether oxygens (including phenoxy) is 4. The molecule has 1 aliphatic heterocycles. The molecule has 0 bridgehead atoms. The number of methoxy groups -OCH3 is 2. The summed E-state index contributed by atoms with van der Waals surface area (Å²) in [5.74, 6) is 0.598. The lowest BCUT2D eigenvalue weighted by molar-refractivity contribution is 0.00393. The van der Waals surface area contributed by atoms with Crippen molar-refractivity contribution in [3.8, 4) is 0 Å². The van der Waals surface area contributed by atoms with Crippen molar-refractivity contribution < 1.29 is 27.4 Å². The van der Waals surface area contributed by atoms with E-state index in [2.05, 4.69) is 24.9 Å². The first-order valence-electron chi connectivity index (χ1n) is 12.1. The summed E-state index contributed by atoms with van der Waals surface area (Å²) in [5, 5.41) is 7.51. The molecule has 2 aromatic rings. The van der Waals surface area contributed by atoms with E-state index in [1.54, 1.807) is 38.1 Å². The SMILES string of the molecule is COCC(COC)n1c(NS(=O)(=O)[C@@H](C)[C@@H](OC(C)C)c2cnc(C)cn2)nnc1[C@H]1CC[C@@H](C)O1. The standard InChI is InChI=1S/C23H38N6O6S/c1-14(2)34-21(19-11-24-15(3)10-25-19)17(5)36(30,31)28-23-27-26-22(20-9-8-16(4)35-20)29(23)18(12-32-6)13-33-7/h10-11,14,16-18,20-21H,8-9,12-13H2,1-7H3,(H,27,28)/t16-,17+,20-,21-/m1/s1. The fourth-order valence-corrected chi connectivity index (χ4v) is 5.28. The first-order valence-corrected chi connectivity index (χ1v) is 13.7. The number of nitrogens with zero attached hydrogens (tertiary/aromatic N) is 5. The Labute approximate surface area is 213 Å². The molecule has 12 nitrogen and oxygen atoms in total. The van der Waals surface area contributed by atoms with E-state index in [-0.39, 0.29) is 43.5 Å². The first-order chi connectivity index (χ1) is 17.1. The molecule has 4 atom stereocenters. The Kier molecular flexibility index (Phi) is 9.75. The minimum absolute atomic E-state index is 0.0670. The summed E-state index contributed by atoms with van der Waals surface area (Å²) in [5.41, 5.74) is 1.15. The van der Waals surface area contributed by atoms with Crippen molar-refractivity contribution in [1.82, 2.24) is 24.7 Å². The van der Waals surface area contributed by atoms with Crippen molar-refractivity contribution >= 4 is 16.0 Å². The molecule has 36 heavy (non-hydrogen) atoms. The molecule has 202 valence electrons. The van der Waals surface area contributed by atoms with Crippen LogP contribution in [0.2, 0.25) is 0 Å². The predicted molar refractivity (Wildman–Crippen MR) is 133 cm³/mol. The summed E-state index contributed by atoms with van der Waals surface area (Å²) in [6.07, 6.45) is 3.45. The molecule has 0 spiro atoms. The van der Waals surface area contributed by atoms with E-state index in [4.69, 9.17) is 18.9 Å². The molecule has 3 rings (SSSR count). The van der Waals surface area contributed by atoms with Gasteiger partial charge in [-0.25, -0.2) is 8.42 Å². The van der Waals surface area contributed by atoms with E-state index in [0.29, 0.717) is 11.5 Å². The second-order valence-corrected chi connectivity index (χ2v) is 11.4. The molecule has 1 saturated heterocycles. The van der Waals surface area contributed by atoms with Crippen LogP contribution in [0.3, 0.4) is 0 Å². The van der Waals surface area contributed by atoms with E-state index in [1.165, 1.54) is 0 Å². The number of hydrogen-bond acceptors (Lipinski definition) is 10. The molecule has 0 saturated carbocycles.